The predicted molar refractivity (Wildman–Crippen MR) is 77.8 cm³/mol. The predicted octanol–water partition coefficient (Wildman–Crippen LogP) is 2.85. The van der Waals surface area contributed by atoms with Crippen LogP contribution in [-0.4, -0.2) is 5.91 Å². The number of anilines is 1. The fraction of sp³-hybridized carbons (Fsp3) is 0.0714. The van der Waals surface area contributed by atoms with Gasteiger partial charge in [0.25, 0.3) is 5.91 Å². The Hall–Kier alpha value is -2.08. The highest BCUT2D eigenvalue weighted by Gasteiger charge is 2.10. The minimum atomic E-state index is -0.611. The number of carbonyl (C=O) groups excluding carboxylic acids is 1. The fourth-order valence-corrected chi connectivity index (χ4v) is 2.23. The average molecular weight is 339 g/mol. The number of nitrogens with two attached hydrogens (primary N) is 2. The van der Waals surface area contributed by atoms with Crippen molar-refractivity contribution in [2.24, 2.45) is 5.73 Å². The van der Waals surface area contributed by atoms with Crippen molar-refractivity contribution in [1.82, 2.24) is 0 Å². The Kier molecular flexibility index (Phi) is 4.24. The van der Waals surface area contributed by atoms with Crippen LogP contribution in [0.2, 0.25) is 0 Å². The van der Waals surface area contributed by atoms with Gasteiger partial charge in [0, 0.05) is 16.2 Å². The summed E-state index contributed by atoms with van der Waals surface area (Å²) >= 11 is 3.20. The van der Waals surface area contributed by atoms with Crippen molar-refractivity contribution in [3.63, 3.8) is 0 Å². The lowest BCUT2D eigenvalue weighted by molar-refractivity contribution is 0.0996. The van der Waals surface area contributed by atoms with Gasteiger partial charge in [-0.05, 0) is 35.9 Å². The van der Waals surface area contributed by atoms with Crippen LogP contribution in [0.15, 0.2) is 40.9 Å². The van der Waals surface area contributed by atoms with E-state index in [1.165, 1.54) is 24.3 Å². The molecule has 0 aliphatic carbocycles. The van der Waals surface area contributed by atoms with Crippen molar-refractivity contribution in [2.45, 2.75) is 6.61 Å². The zero-order valence-corrected chi connectivity index (χ0v) is 12.0. The Morgan fingerprint density at radius 1 is 1.25 bits per heavy atom. The maximum Gasteiger partial charge on any atom is 0.252 e. The van der Waals surface area contributed by atoms with Crippen LogP contribution in [0, 0.1) is 5.82 Å². The zero-order chi connectivity index (χ0) is 14.7. The number of ether oxygens (including phenoxy) is 1. The molecule has 2 rings (SSSR count). The van der Waals surface area contributed by atoms with Gasteiger partial charge in [0.15, 0.2) is 0 Å². The van der Waals surface area contributed by atoms with Gasteiger partial charge < -0.3 is 16.2 Å². The van der Waals surface area contributed by atoms with Crippen LogP contribution < -0.4 is 16.2 Å². The maximum absolute atomic E-state index is 13.2. The van der Waals surface area contributed by atoms with Gasteiger partial charge in [-0.15, -0.1) is 0 Å². The molecule has 0 aliphatic rings. The third-order valence-corrected chi connectivity index (χ3v) is 3.05. The van der Waals surface area contributed by atoms with Crippen LogP contribution in [0.5, 0.6) is 5.75 Å². The van der Waals surface area contributed by atoms with Crippen LogP contribution >= 0.6 is 15.9 Å². The van der Waals surface area contributed by atoms with Gasteiger partial charge in [-0.2, -0.15) is 0 Å². The average Bonchev–Trinajstić information content (AvgIpc) is 2.35. The quantitative estimate of drug-likeness (QED) is 0.841. The molecule has 104 valence electrons. The molecule has 0 saturated carbocycles. The van der Waals surface area contributed by atoms with Crippen molar-refractivity contribution in [2.75, 3.05) is 5.73 Å². The molecule has 6 heteroatoms. The Balaban J connectivity index is 2.22. The van der Waals surface area contributed by atoms with Gasteiger partial charge >= 0.3 is 0 Å². The number of halogens is 2. The number of benzene rings is 2. The molecular formula is C14H12BrFN2O2. The molecule has 0 saturated heterocycles. The molecule has 2 aromatic rings. The van der Waals surface area contributed by atoms with Crippen LogP contribution in [-0.2, 0) is 6.61 Å². The second-order valence-corrected chi connectivity index (χ2v) is 5.10. The molecule has 0 heterocycles. The summed E-state index contributed by atoms with van der Waals surface area (Å²) < 4.78 is 19.4. The van der Waals surface area contributed by atoms with E-state index in [1.807, 2.05) is 0 Å². The smallest absolute Gasteiger partial charge is 0.252 e. The van der Waals surface area contributed by atoms with Crippen LogP contribution in [0.25, 0.3) is 0 Å². The van der Waals surface area contributed by atoms with E-state index in [9.17, 15) is 9.18 Å². The number of nitrogen functional groups attached to an aromatic ring is 1. The SMILES string of the molecule is NC(=O)c1ccc(N)cc1OCc1cc(F)cc(Br)c1. The Morgan fingerprint density at radius 3 is 2.65 bits per heavy atom. The molecule has 0 aromatic heterocycles. The Morgan fingerprint density at radius 2 is 2.00 bits per heavy atom. The summed E-state index contributed by atoms with van der Waals surface area (Å²) in [6.07, 6.45) is 0. The molecule has 0 fully saturated rings. The van der Waals surface area contributed by atoms with E-state index < -0.39 is 5.91 Å². The third-order valence-electron chi connectivity index (χ3n) is 2.59. The summed E-state index contributed by atoms with van der Waals surface area (Å²) in [6, 6.07) is 8.98. The number of amides is 1. The fourth-order valence-electron chi connectivity index (χ4n) is 1.72. The molecule has 0 unspecified atom stereocenters. The van der Waals surface area contributed by atoms with E-state index in [-0.39, 0.29) is 23.7 Å². The standard InChI is InChI=1S/C14H12BrFN2O2/c15-9-3-8(4-10(16)5-9)7-20-13-6-11(17)1-2-12(13)14(18)19/h1-6H,7,17H2,(H2,18,19). The Labute approximate surface area is 123 Å². The lowest BCUT2D eigenvalue weighted by atomic mass is 10.1. The number of primary amides is 1. The van der Waals surface area contributed by atoms with Gasteiger partial charge in [0.2, 0.25) is 0 Å². The third kappa shape index (κ3) is 3.48. The van der Waals surface area contributed by atoms with Crippen molar-refractivity contribution < 1.29 is 13.9 Å². The summed E-state index contributed by atoms with van der Waals surface area (Å²) in [4.78, 5) is 11.3. The second-order valence-electron chi connectivity index (χ2n) is 4.19. The minimum Gasteiger partial charge on any atom is -0.488 e. The molecule has 20 heavy (non-hydrogen) atoms. The van der Waals surface area contributed by atoms with Gasteiger partial charge in [-0.25, -0.2) is 4.39 Å². The van der Waals surface area contributed by atoms with E-state index in [0.29, 0.717) is 15.7 Å². The van der Waals surface area contributed by atoms with E-state index in [1.54, 1.807) is 12.1 Å². The summed E-state index contributed by atoms with van der Waals surface area (Å²) in [5.74, 6) is -0.709. The minimum absolute atomic E-state index is 0.0973. The highest BCUT2D eigenvalue weighted by Crippen LogP contribution is 2.23. The van der Waals surface area contributed by atoms with Gasteiger partial charge in [-0.1, -0.05) is 15.9 Å². The van der Waals surface area contributed by atoms with Crippen LogP contribution in [0.4, 0.5) is 10.1 Å². The van der Waals surface area contributed by atoms with E-state index in [4.69, 9.17) is 16.2 Å². The van der Waals surface area contributed by atoms with Crippen molar-refractivity contribution in [1.29, 1.82) is 0 Å². The van der Waals surface area contributed by atoms with Crippen LogP contribution in [0.3, 0.4) is 0 Å². The molecular weight excluding hydrogens is 327 g/mol. The topological polar surface area (TPSA) is 78.3 Å². The van der Waals surface area contributed by atoms with Crippen molar-refractivity contribution in [3.05, 3.63) is 57.8 Å². The lowest BCUT2D eigenvalue weighted by Gasteiger charge is -2.11. The second kappa shape index (κ2) is 5.92. The van der Waals surface area contributed by atoms with Crippen molar-refractivity contribution >= 4 is 27.5 Å². The molecule has 0 radical (unpaired) electrons. The number of carbonyl (C=O) groups is 1. The number of hydrogen-bond donors (Lipinski definition) is 2. The molecule has 0 bridgehead atoms. The largest absolute Gasteiger partial charge is 0.488 e. The summed E-state index contributed by atoms with van der Waals surface area (Å²) in [6.45, 7) is 0.0973. The number of rotatable bonds is 4. The van der Waals surface area contributed by atoms with Crippen molar-refractivity contribution in [3.8, 4) is 5.75 Å². The van der Waals surface area contributed by atoms with Gasteiger partial charge in [-0.3, -0.25) is 4.79 Å². The van der Waals surface area contributed by atoms with Gasteiger partial charge in [0.05, 0.1) is 5.56 Å². The first-order valence-corrected chi connectivity index (χ1v) is 6.52. The van der Waals surface area contributed by atoms with E-state index >= 15 is 0 Å². The monoisotopic (exact) mass is 338 g/mol. The zero-order valence-electron chi connectivity index (χ0n) is 10.4. The number of hydrogen-bond acceptors (Lipinski definition) is 3. The Bertz CT molecular complexity index is 641. The molecule has 4 N–H and O–H groups in total. The first-order chi connectivity index (χ1) is 9.45. The van der Waals surface area contributed by atoms with Crippen LogP contribution in [0.1, 0.15) is 15.9 Å². The summed E-state index contributed by atoms with van der Waals surface area (Å²) in [7, 11) is 0. The van der Waals surface area contributed by atoms with Gasteiger partial charge in [0.1, 0.15) is 18.2 Å². The van der Waals surface area contributed by atoms with E-state index in [0.717, 1.165) is 0 Å². The highest BCUT2D eigenvalue weighted by atomic mass is 79.9. The maximum atomic E-state index is 13.2. The first-order valence-electron chi connectivity index (χ1n) is 5.73. The van der Waals surface area contributed by atoms with E-state index in [2.05, 4.69) is 15.9 Å². The lowest BCUT2D eigenvalue weighted by Crippen LogP contribution is -2.13. The molecule has 1 amide bonds. The first kappa shape index (κ1) is 14.3. The molecule has 4 nitrogen and oxygen atoms in total. The molecule has 0 spiro atoms. The summed E-state index contributed by atoms with van der Waals surface area (Å²) in [5.41, 5.74) is 12.2. The normalized spacial score (nSPS) is 10.3. The molecule has 2 aromatic carbocycles. The summed E-state index contributed by atoms with van der Waals surface area (Å²) in [5, 5.41) is 0. The molecule has 0 aliphatic heterocycles. The molecule has 0 atom stereocenters. The highest BCUT2D eigenvalue weighted by molar-refractivity contribution is 9.10.